The first-order valence-corrected chi connectivity index (χ1v) is 9.14. The molecule has 0 saturated heterocycles. The maximum Gasteiger partial charge on any atom is 0.315 e. The van der Waals surface area contributed by atoms with Gasteiger partial charge >= 0.3 is 6.03 Å². The summed E-state index contributed by atoms with van der Waals surface area (Å²) >= 11 is 7.57. The van der Waals surface area contributed by atoms with E-state index in [4.69, 9.17) is 11.6 Å². The molecule has 2 unspecified atom stereocenters. The zero-order valence-corrected chi connectivity index (χ0v) is 14.8. The lowest BCUT2D eigenvalue weighted by atomic mass is 10.0. The largest absolute Gasteiger partial charge is 0.332 e. The number of halogens is 2. The second kappa shape index (κ2) is 7.45. The molecule has 2 atom stereocenters. The molecule has 2 amide bonds. The second-order valence-electron chi connectivity index (χ2n) is 5.76. The van der Waals surface area contributed by atoms with Gasteiger partial charge in [0.1, 0.15) is 5.82 Å². The van der Waals surface area contributed by atoms with E-state index >= 15 is 0 Å². The van der Waals surface area contributed by atoms with Crippen molar-refractivity contribution in [3.8, 4) is 0 Å². The minimum absolute atomic E-state index is 0.146. The van der Waals surface area contributed by atoms with Gasteiger partial charge in [-0.05, 0) is 54.8 Å². The molecule has 1 aliphatic heterocycles. The molecule has 3 nitrogen and oxygen atoms in total. The van der Waals surface area contributed by atoms with E-state index in [0.717, 1.165) is 28.2 Å². The summed E-state index contributed by atoms with van der Waals surface area (Å²) < 4.78 is 13.5. The van der Waals surface area contributed by atoms with Crippen molar-refractivity contribution in [3.63, 3.8) is 0 Å². The average Bonchev–Trinajstić information content (AvgIpc) is 2.56. The van der Waals surface area contributed by atoms with E-state index in [2.05, 4.69) is 10.6 Å². The Morgan fingerprint density at radius 3 is 2.79 bits per heavy atom. The Hall–Kier alpha value is -1.72. The van der Waals surface area contributed by atoms with E-state index in [0.29, 0.717) is 5.02 Å². The van der Waals surface area contributed by atoms with Crippen molar-refractivity contribution >= 4 is 29.4 Å². The molecule has 0 aliphatic carbocycles. The summed E-state index contributed by atoms with van der Waals surface area (Å²) in [5, 5.41) is 6.53. The van der Waals surface area contributed by atoms with Crippen LogP contribution in [0.2, 0.25) is 5.02 Å². The minimum atomic E-state index is -0.280. The Balaban J connectivity index is 1.65. The van der Waals surface area contributed by atoms with Crippen LogP contribution in [0.15, 0.2) is 47.4 Å². The predicted molar refractivity (Wildman–Crippen MR) is 96.0 cm³/mol. The normalized spacial score (nSPS) is 17.7. The first-order valence-electron chi connectivity index (χ1n) is 7.77. The van der Waals surface area contributed by atoms with Crippen LogP contribution >= 0.6 is 23.4 Å². The van der Waals surface area contributed by atoms with Crippen LogP contribution in [0.25, 0.3) is 0 Å². The van der Waals surface area contributed by atoms with Crippen LogP contribution < -0.4 is 10.6 Å². The lowest BCUT2D eigenvalue weighted by molar-refractivity contribution is 0.233. The fraction of sp³-hybridized carbons (Fsp3) is 0.278. The van der Waals surface area contributed by atoms with E-state index in [9.17, 15) is 9.18 Å². The van der Waals surface area contributed by atoms with Gasteiger partial charge in [-0.2, -0.15) is 0 Å². The SMILES string of the molecule is CC(NC(=O)NC1CCSc2ccc(F)cc21)c1ccc(Cl)cc1. The molecule has 2 N–H and O–H groups in total. The molecule has 1 aliphatic rings. The Morgan fingerprint density at radius 1 is 1.29 bits per heavy atom. The summed E-state index contributed by atoms with van der Waals surface area (Å²) in [5.41, 5.74) is 1.82. The topological polar surface area (TPSA) is 41.1 Å². The third-order valence-corrected chi connectivity index (χ3v) is 5.41. The number of nitrogens with one attached hydrogen (secondary N) is 2. The predicted octanol–water partition coefficient (Wildman–Crippen LogP) is 5.08. The van der Waals surface area contributed by atoms with E-state index in [1.165, 1.54) is 12.1 Å². The van der Waals surface area contributed by atoms with E-state index < -0.39 is 0 Å². The molecule has 126 valence electrons. The van der Waals surface area contributed by atoms with Crippen LogP contribution in [0, 0.1) is 5.82 Å². The van der Waals surface area contributed by atoms with Gasteiger partial charge < -0.3 is 10.6 Å². The number of carbonyl (C=O) groups is 1. The van der Waals surface area contributed by atoms with Crippen LogP contribution in [0.5, 0.6) is 0 Å². The van der Waals surface area contributed by atoms with Crippen molar-refractivity contribution in [2.75, 3.05) is 5.75 Å². The molecule has 0 spiro atoms. The summed E-state index contributed by atoms with van der Waals surface area (Å²) in [6.07, 6.45) is 0.782. The summed E-state index contributed by atoms with van der Waals surface area (Å²) in [7, 11) is 0. The second-order valence-corrected chi connectivity index (χ2v) is 7.34. The van der Waals surface area contributed by atoms with Crippen LogP contribution in [0.4, 0.5) is 9.18 Å². The highest BCUT2D eigenvalue weighted by Gasteiger charge is 2.23. The summed E-state index contributed by atoms with van der Waals surface area (Å²) in [6, 6.07) is 11.5. The molecule has 2 aromatic rings. The van der Waals surface area contributed by atoms with Gasteiger partial charge in [-0.25, -0.2) is 9.18 Å². The smallest absolute Gasteiger partial charge is 0.315 e. The van der Waals surface area contributed by atoms with Crippen LogP contribution in [0.3, 0.4) is 0 Å². The van der Waals surface area contributed by atoms with Crippen molar-refractivity contribution in [1.29, 1.82) is 0 Å². The Morgan fingerprint density at radius 2 is 2.04 bits per heavy atom. The van der Waals surface area contributed by atoms with Crippen LogP contribution in [-0.2, 0) is 0 Å². The molecule has 0 bridgehead atoms. The number of carbonyl (C=O) groups excluding carboxylic acids is 1. The highest BCUT2D eigenvalue weighted by molar-refractivity contribution is 7.99. The van der Waals surface area contributed by atoms with Gasteiger partial charge in [0.15, 0.2) is 0 Å². The number of urea groups is 1. The average molecular weight is 365 g/mol. The highest BCUT2D eigenvalue weighted by atomic mass is 35.5. The van der Waals surface area contributed by atoms with Gasteiger partial charge in [0, 0.05) is 15.7 Å². The number of rotatable bonds is 3. The van der Waals surface area contributed by atoms with Crippen molar-refractivity contribution in [2.45, 2.75) is 30.3 Å². The quantitative estimate of drug-likeness (QED) is 0.797. The minimum Gasteiger partial charge on any atom is -0.332 e. The first kappa shape index (κ1) is 17.1. The number of hydrogen-bond acceptors (Lipinski definition) is 2. The summed E-state index contributed by atoms with van der Waals surface area (Å²) in [4.78, 5) is 13.3. The Kier molecular flexibility index (Phi) is 5.31. The van der Waals surface area contributed by atoms with Crippen molar-refractivity contribution in [1.82, 2.24) is 10.6 Å². The van der Waals surface area contributed by atoms with Gasteiger partial charge in [-0.15, -0.1) is 11.8 Å². The maximum absolute atomic E-state index is 13.5. The maximum atomic E-state index is 13.5. The molecule has 0 aromatic heterocycles. The Bertz CT molecular complexity index is 738. The molecular formula is C18H18ClFN2OS. The molecule has 24 heavy (non-hydrogen) atoms. The number of hydrogen-bond donors (Lipinski definition) is 2. The molecule has 2 aromatic carbocycles. The lowest BCUT2D eigenvalue weighted by Crippen LogP contribution is -2.40. The lowest BCUT2D eigenvalue weighted by Gasteiger charge is -2.27. The number of thioether (sulfide) groups is 1. The Labute approximate surface area is 150 Å². The molecule has 1 heterocycles. The monoisotopic (exact) mass is 364 g/mol. The highest BCUT2D eigenvalue weighted by Crippen LogP contribution is 2.36. The van der Waals surface area contributed by atoms with Crippen molar-refractivity contribution in [2.24, 2.45) is 0 Å². The van der Waals surface area contributed by atoms with Crippen LogP contribution in [-0.4, -0.2) is 11.8 Å². The van der Waals surface area contributed by atoms with Gasteiger partial charge in [0.2, 0.25) is 0 Å². The molecule has 6 heteroatoms. The molecular weight excluding hydrogens is 347 g/mol. The van der Waals surface area contributed by atoms with E-state index in [1.807, 2.05) is 19.1 Å². The summed E-state index contributed by atoms with van der Waals surface area (Å²) in [5.74, 6) is 0.619. The first-order chi connectivity index (χ1) is 11.5. The van der Waals surface area contributed by atoms with Gasteiger partial charge in [-0.3, -0.25) is 0 Å². The third-order valence-electron chi connectivity index (χ3n) is 4.03. The zero-order valence-electron chi connectivity index (χ0n) is 13.2. The fourth-order valence-corrected chi connectivity index (χ4v) is 3.98. The van der Waals surface area contributed by atoms with Gasteiger partial charge in [0.05, 0.1) is 12.1 Å². The number of amides is 2. The van der Waals surface area contributed by atoms with Crippen molar-refractivity contribution in [3.05, 3.63) is 64.4 Å². The number of benzene rings is 2. The zero-order chi connectivity index (χ0) is 17.1. The van der Waals surface area contributed by atoms with Gasteiger partial charge in [-0.1, -0.05) is 23.7 Å². The molecule has 0 fully saturated rings. The summed E-state index contributed by atoms with van der Waals surface area (Å²) in [6.45, 7) is 1.91. The van der Waals surface area contributed by atoms with Crippen LogP contribution in [0.1, 0.15) is 36.6 Å². The van der Waals surface area contributed by atoms with Crippen molar-refractivity contribution < 1.29 is 9.18 Å². The third kappa shape index (κ3) is 4.02. The van der Waals surface area contributed by atoms with E-state index in [-0.39, 0.29) is 23.9 Å². The standard InChI is InChI=1S/C18H18ClFN2OS/c1-11(12-2-4-13(19)5-3-12)21-18(23)22-16-8-9-24-17-7-6-14(20)10-15(16)17/h2-7,10-11,16H,8-9H2,1H3,(H2,21,22,23). The molecule has 0 radical (unpaired) electrons. The molecule has 0 saturated carbocycles. The number of fused-ring (bicyclic) bond motifs is 1. The van der Waals surface area contributed by atoms with Gasteiger partial charge in [0.25, 0.3) is 0 Å². The van der Waals surface area contributed by atoms with E-state index in [1.54, 1.807) is 30.0 Å². The fourth-order valence-electron chi connectivity index (χ4n) is 2.75. The molecule has 3 rings (SSSR count).